The molecule has 4 rings (SSSR count). The smallest absolute Gasteiger partial charge is 0.407 e. The van der Waals surface area contributed by atoms with Gasteiger partial charge in [-0.25, -0.2) is 23.8 Å². The third kappa shape index (κ3) is 6.35. The number of hydrogen-bond donors (Lipinski definition) is 1. The first-order valence-electron chi connectivity index (χ1n) is 11.9. The number of para-hydroxylation sites is 1. The Labute approximate surface area is 204 Å². The molecule has 1 aliphatic carbocycles. The third-order valence-electron chi connectivity index (χ3n) is 5.93. The number of hydrogen-bond acceptors (Lipinski definition) is 6. The number of benzene rings is 1. The number of carbonyl (C=O) groups excluding carboxylic acids is 1. The normalized spacial score (nSPS) is 18.2. The van der Waals surface area contributed by atoms with E-state index in [1.54, 1.807) is 24.7 Å². The minimum Gasteiger partial charge on any atom is -0.489 e. The van der Waals surface area contributed by atoms with E-state index < -0.39 is 5.60 Å². The van der Waals surface area contributed by atoms with Gasteiger partial charge in [0.15, 0.2) is 5.75 Å². The van der Waals surface area contributed by atoms with Gasteiger partial charge in [-0.3, -0.25) is 0 Å². The first-order chi connectivity index (χ1) is 16.7. The molecule has 1 aromatic carbocycles. The van der Waals surface area contributed by atoms with Crippen LogP contribution in [-0.2, 0) is 4.74 Å². The number of aryl methyl sites for hydroxylation is 1. The van der Waals surface area contributed by atoms with Crippen molar-refractivity contribution in [3.63, 3.8) is 0 Å². The number of aromatic nitrogens is 4. The van der Waals surface area contributed by atoms with Crippen molar-refractivity contribution < 1.29 is 18.7 Å². The van der Waals surface area contributed by atoms with E-state index >= 15 is 0 Å². The van der Waals surface area contributed by atoms with E-state index in [4.69, 9.17) is 9.47 Å². The van der Waals surface area contributed by atoms with Crippen molar-refractivity contribution in [1.29, 1.82) is 0 Å². The molecule has 1 fully saturated rings. The van der Waals surface area contributed by atoms with Gasteiger partial charge in [-0.05, 0) is 64.5 Å². The summed E-state index contributed by atoms with van der Waals surface area (Å²) < 4.78 is 27.5. The minimum absolute atomic E-state index is 0.0564. The van der Waals surface area contributed by atoms with Gasteiger partial charge in [0.1, 0.15) is 29.1 Å². The Morgan fingerprint density at radius 1 is 1.26 bits per heavy atom. The van der Waals surface area contributed by atoms with Gasteiger partial charge in [0.25, 0.3) is 0 Å². The number of amides is 1. The van der Waals surface area contributed by atoms with Gasteiger partial charge in [-0.1, -0.05) is 18.6 Å². The maximum Gasteiger partial charge on any atom is 0.407 e. The van der Waals surface area contributed by atoms with Crippen molar-refractivity contribution in [1.82, 2.24) is 25.1 Å². The van der Waals surface area contributed by atoms with E-state index in [0.29, 0.717) is 29.3 Å². The summed E-state index contributed by atoms with van der Waals surface area (Å²) in [6.45, 7) is 7.88. The van der Waals surface area contributed by atoms with Crippen LogP contribution in [0.5, 0.6) is 5.75 Å². The Balaban J connectivity index is 1.42. The molecule has 35 heavy (non-hydrogen) atoms. The topological polar surface area (TPSA) is 91.2 Å². The van der Waals surface area contributed by atoms with E-state index in [-0.39, 0.29) is 23.9 Å². The summed E-state index contributed by atoms with van der Waals surface area (Å²) >= 11 is 0. The van der Waals surface area contributed by atoms with Crippen LogP contribution in [0.15, 0.2) is 43.1 Å². The molecule has 0 saturated heterocycles. The Bertz CT molecular complexity index is 1150. The summed E-state index contributed by atoms with van der Waals surface area (Å²) in [4.78, 5) is 20.7. The predicted molar refractivity (Wildman–Crippen MR) is 130 cm³/mol. The molecule has 186 valence electrons. The minimum atomic E-state index is -0.524. The number of carbonyl (C=O) groups is 1. The molecule has 9 heteroatoms. The molecule has 0 spiro atoms. The van der Waals surface area contributed by atoms with Gasteiger partial charge >= 0.3 is 6.09 Å². The van der Waals surface area contributed by atoms with Crippen molar-refractivity contribution in [2.45, 2.75) is 65.0 Å². The van der Waals surface area contributed by atoms with Crippen LogP contribution in [0.2, 0.25) is 0 Å². The highest BCUT2D eigenvalue weighted by molar-refractivity contribution is 5.68. The molecule has 1 amide bonds. The first-order valence-corrected chi connectivity index (χ1v) is 11.9. The van der Waals surface area contributed by atoms with E-state index in [9.17, 15) is 9.18 Å². The summed E-state index contributed by atoms with van der Waals surface area (Å²) in [5.41, 5.74) is 1.97. The highest BCUT2D eigenvalue weighted by Gasteiger charge is 2.26. The van der Waals surface area contributed by atoms with Gasteiger partial charge in [0.05, 0.1) is 19.0 Å². The monoisotopic (exact) mass is 481 g/mol. The summed E-state index contributed by atoms with van der Waals surface area (Å²) in [6.07, 6.45) is 9.83. The molecule has 2 heterocycles. The highest BCUT2D eigenvalue weighted by Crippen LogP contribution is 2.30. The second-order valence-corrected chi connectivity index (χ2v) is 10.0. The Morgan fingerprint density at radius 2 is 2.09 bits per heavy atom. The van der Waals surface area contributed by atoms with Gasteiger partial charge in [0.2, 0.25) is 0 Å². The third-order valence-corrected chi connectivity index (χ3v) is 5.93. The van der Waals surface area contributed by atoms with Crippen LogP contribution in [0, 0.1) is 18.7 Å². The second kappa shape index (κ2) is 10.4. The highest BCUT2D eigenvalue weighted by atomic mass is 19.1. The van der Waals surface area contributed by atoms with E-state index in [1.165, 1.54) is 17.1 Å². The standard InChI is InChI=1S/C26H32FN5O3/c1-17-7-5-10-21(27)24(17)32-14-19(12-30-32)23-22(13-28-16-29-23)34-15-18-8-6-9-20(11-18)31-25(33)35-26(2,3)4/h5,7,10,12-14,16,18,20H,6,8-9,11,15H2,1-4H3,(H,31,33)/t18-,20+/m0/s1. The Kier molecular flexibility index (Phi) is 7.33. The van der Waals surface area contributed by atoms with Crippen molar-refractivity contribution in [2.24, 2.45) is 5.92 Å². The van der Waals surface area contributed by atoms with E-state index in [0.717, 1.165) is 31.2 Å². The predicted octanol–water partition coefficient (Wildman–Crippen LogP) is 5.24. The van der Waals surface area contributed by atoms with E-state index in [2.05, 4.69) is 20.4 Å². The first kappa shape index (κ1) is 24.6. The maximum absolute atomic E-state index is 14.4. The molecule has 8 nitrogen and oxygen atoms in total. The maximum atomic E-state index is 14.4. The van der Waals surface area contributed by atoms with Crippen molar-refractivity contribution in [2.75, 3.05) is 6.61 Å². The molecular formula is C26H32FN5O3. The number of halogens is 1. The van der Waals surface area contributed by atoms with Crippen molar-refractivity contribution in [3.8, 4) is 22.7 Å². The zero-order chi connectivity index (χ0) is 25.0. The number of nitrogens with zero attached hydrogens (tertiary/aromatic N) is 4. The van der Waals surface area contributed by atoms with Crippen LogP contribution in [0.1, 0.15) is 52.0 Å². The number of nitrogens with one attached hydrogen (secondary N) is 1. The second-order valence-electron chi connectivity index (χ2n) is 10.0. The molecule has 0 radical (unpaired) electrons. The quantitative estimate of drug-likeness (QED) is 0.518. The molecule has 2 aromatic heterocycles. The van der Waals surface area contributed by atoms with Crippen LogP contribution in [0.3, 0.4) is 0 Å². The Hall–Kier alpha value is -3.49. The molecule has 1 aliphatic rings. The molecular weight excluding hydrogens is 449 g/mol. The van der Waals surface area contributed by atoms with E-state index in [1.807, 2.05) is 33.8 Å². The molecule has 0 aliphatic heterocycles. The van der Waals surface area contributed by atoms with Crippen molar-refractivity contribution >= 4 is 6.09 Å². The molecule has 0 unspecified atom stereocenters. The molecule has 3 aromatic rings. The van der Waals surface area contributed by atoms with Crippen LogP contribution >= 0.6 is 0 Å². The van der Waals surface area contributed by atoms with Gasteiger partial charge < -0.3 is 14.8 Å². The fourth-order valence-corrected chi connectivity index (χ4v) is 4.38. The van der Waals surface area contributed by atoms with Crippen molar-refractivity contribution in [3.05, 3.63) is 54.5 Å². The molecule has 2 atom stereocenters. The fourth-order valence-electron chi connectivity index (χ4n) is 4.38. The lowest BCUT2D eigenvalue weighted by Gasteiger charge is -2.30. The van der Waals surface area contributed by atoms with Crippen LogP contribution in [0.4, 0.5) is 9.18 Å². The lowest BCUT2D eigenvalue weighted by atomic mass is 9.86. The molecule has 0 bridgehead atoms. The summed E-state index contributed by atoms with van der Waals surface area (Å²) in [5.74, 6) is 0.478. The summed E-state index contributed by atoms with van der Waals surface area (Å²) in [6, 6.07) is 4.99. The van der Waals surface area contributed by atoms with Gasteiger partial charge in [-0.15, -0.1) is 0 Å². The fraction of sp³-hybridized carbons (Fsp3) is 0.462. The largest absolute Gasteiger partial charge is 0.489 e. The summed E-state index contributed by atoms with van der Waals surface area (Å²) in [7, 11) is 0. The van der Waals surface area contributed by atoms with Crippen LogP contribution in [-0.4, -0.2) is 44.1 Å². The van der Waals surface area contributed by atoms with Gasteiger partial charge in [-0.2, -0.15) is 5.10 Å². The van der Waals surface area contributed by atoms with Gasteiger partial charge in [0, 0.05) is 17.8 Å². The Morgan fingerprint density at radius 3 is 2.86 bits per heavy atom. The average Bonchev–Trinajstić information content (AvgIpc) is 3.26. The lowest BCUT2D eigenvalue weighted by Crippen LogP contribution is -2.42. The van der Waals surface area contributed by atoms with Crippen LogP contribution in [0.25, 0.3) is 16.9 Å². The SMILES string of the molecule is Cc1cccc(F)c1-n1cc(-c2ncncc2OC[C@H]2CCC[C@@H](NC(=O)OC(C)(C)C)C2)cn1. The number of ether oxygens (including phenoxy) is 2. The molecule has 1 N–H and O–H groups in total. The number of alkyl carbamates (subject to hydrolysis) is 1. The number of rotatable bonds is 6. The lowest BCUT2D eigenvalue weighted by molar-refractivity contribution is 0.0478. The zero-order valence-corrected chi connectivity index (χ0v) is 20.6. The van der Waals surface area contributed by atoms with Crippen LogP contribution < -0.4 is 10.1 Å². The average molecular weight is 482 g/mol. The summed E-state index contributed by atoms with van der Waals surface area (Å²) in [5, 5.41) is 7.33. The zero-order valence-electron chi connectivity index (χ0n) is 20.6. The molecule has 1 saturated carbocycles.